The van der Waals surface area contributed by atoms with E-state index in [9.17, 15) is 9.18 Å². The van der Waals surface area contributed by atoms with Crippen LogP contribution in [0.5, 0.6) is 0 Å². The zero-order chi connectivity index (χ0) is 22.1. The van der Waals surface area contributed by atoms with Gasteiger partial charge in [0.05, 0.1) is 21.2 Å². The van der Waals surface area contributed by atoms with Crippen molar-refractivity contribution in [3.05, 3.63) is 59.1 Å². The highest BCUT2D eigenvalue weighted by Gasteiger charge is 2.28. The summed E-state index contributed by atoms with van der Waals surface area (Å²) in [5.74, 6) is 0.281. The summed E-state index contributed by atoms with van der Waals surface area (Å²) in [5.41, 5.74) is 1.21. The smallest absolute Gasteiger partial charge is 0.246 e. The molecule has 31 heavy (non-hydrogen) atoms. The fourth-order valence-corrected chi connectivity index (χ4v) is 3.85. The van der Waals surface area contributed by atoms with E-state index in [-0.39, 0.29) is 27.7 Å². The van der Waals surface area contributed by atoms with Crippen LogP contribution in [-0.2, 0) is 4.79 Å². The van der Waals surface area contributed by atoms with Gasteiger partial charge in [0.15, 0.2) is 11.6 Å². The van der Waals surface area contributed by atoms with E-state index < -0.39 is 5.82 Å². The Kier molecular flexibility index (Phi) is 5.93. The summed E-state index contributed by atoms with van der Waals surface area (Å²) in [7, 11) is 1.93. The Hall–Kier alpha value is -2.97. The first kappa shape index (κ1) is 21.3. The number of pyridine rings is 1. The van der Waals surface area contributed by atoms with Gasteiger partial charge in [-0.05, 0) is 36.8 Å². The van der Waals surface area contributed by atoms with E-state index in [1.165, 1.54) is 24.5 Å². The predicted octanol–water partition coefficient (Wildman–Crippen LogP) is 4.44. The van der Waals surface area contributed by atoms with Crippen LogP contribution in [0.25, 0.3) is 11.0 Å². The summed E-state index contributed by atoms with van der Waals surface area (Å²) < 4.78 is 14.5. The number of likely N-dealkylation sites (tertiary alicyclic amines) is 1. The third kappa shape index (κ3) is 4.13. The van der Waals surface area contributed by atoms with Gasteiger partial charge < -0.3 is 15.1 Å². The van der Waals surface area contributed by atoms with Gasteiger partial charge in [0.2, 0.25) is 5.91 Å². The lowest BCUT2D eigenvalue weighted by molar-refractivity contribution is -0.125. The molecule has 7 nitrogen and oxygen atoms in total. The number of fused-ring (bicyclic) bond motifs is 1. The van der Waals surface area contributed by atoms with Gasteiger partial charge in [-0.1, -0.05) is 29.8 Å². The van der Waals surface area contributed by atoms with E-state index >= 15 is 0 Å². The van der Waals surface area contributed by atoms with Crippen LogP contribution >= 0.6 is 23.2 Å². The van der Waals surface area contributed by atoms with Crippen LogP contribution in [0.3, 0.4) is 0 Å². The highest BCUT2D eigenvalue weighted by Crippen LogP contribution is 2.32. The first-order valence-electron chi connectivity index (χ1n) is 9.55. The van der Waals surface area contributed by atoms with Crippen LogP contribution in [0, 0.1) is 5.82 Å². The summed E-state index contributed by atoms with van der Waals surface area (Å²) in [5, 5.41) is 2.89. The number of carbonyl (C=O) groups excluding carboxylic acids is 1. The molecule has 4 rings (SSSR count). The number of amides is 1. The largest absolute Gasteiger partial charge is 0.355 e. The van der Waals surface area contributed by atoms with E-state index in [1.54, 1.807) is 4.90 Å². The maximum absolute atomic E-state index is 14.5. The van der Waals surface area contributed by atoms with Crippen molar-refractivity contribution in [1.82, 2.24) is 19.9 Å². The maximum atomic E-state index is 14.5. The normalized spacial score (nSPS) is 15.9. The van der Waals surface area contributed by atoms with Gasteiger partial charge in [-0.25, -0.2) is 19.3 Å². The topological polar surface area (TPSA) is 74.2 Å². The Morgan fingerprint density at radius 2 is 2.13 bits per heavy atom. The number of nitrogens with zero attached hydrogens (tertiary/aromatic N) is 5. The van der Waals surface area contributed by atoms with E-state index in [4.69, 9.17) is 28.2 Å². The minimum Gasteiger partial charge on any atom is -0.355 e. The number of benzene rings is 1. The lowest BCUT2D eigenvalue weighted by Gasteiger charge is -2.26. The third-order valence-electron chi connectivity index (χ3n) is 5.31. The molecule has 0 radical (unpaired) electrons. The molecular weight excluding hydrogens is 442 g/mol. The monoisotopic (exact) mass is 460 g/mol. The Morgan fingerprint density at radius 1 is 1.32 bits per heavy atom. The van der Waals surface area contributed by atoms with Crippen molar-refractivity contribution in [3.8, 4) is 0 Å². The average Bonchev–Trinajstić information content (AvgIpc) is 3.28. The molecule has 1 fully saturated rings. The molecule has 160 valence electrons. The third-order valence-corrected chi connectivity index (χ3v) is 6.10. The Bertz CT molecular complexity index is 1170. The Morgan fingerprint density at radius 3 is 2.90 bits per heavy atom. The van der Waals surface area contributed by atoms with Gasteiger partial charge in [-0.2, -0.15) is 0 Å². The second kappa shape index (κ2) is 8.64. The van der Waals surface area contributed by atoms with Crippen molar-refractivity contribution in [2.75, 3.05) is 30.4 Å². The summed E-state index contributed by atoms with van der Waals surface area (Å²) in [6.45, 7) is 4.80. The quantitative estimate of drug-likeness (QED) is 0.448. The molecule has 3 aromatic rings. The number of aromatic nitrogens is 3. The van der Waals surface area contributed by atoms with Gasteiger partial charge >= 0.3 is 0 Å². The first-order chi connectivity index (χ1) is 14.9. The number of hydrogen-bond acceptors (Lipinski definition) is 6. The van der Waals surface area contributed by atoms with Gasteiger partial charge in [-0.15, -0.1) is 0 Å². The number of halogens is 3. The molecule has 1 aliphatic rings. The van der Waals surface area contributed by atoms with E-state index in [0.29, 0.717) is 35.8 Å². The van der Waals surface area contributed by atoms with Crippen molar-refractivity contribution in [2.24, 2.45) is 0 Å². The standard InChI is InChI=1S/C21H19Cl2FN6O/c1-3-17(31)30-9-8-12(10-30)29(2)16-7-6-15-20(28-16)21(26-11-25-15)27-14-5-4-13(22)18(23)19(14)24/h3-7,11-12H,1,8-10H2,2H3,(H,25,26,27). The number of hydrogen-bond donors (Lipinski definition) is 1. The summed E-state index contributed by atoms with van der Waals surface area (Å²) in [6, 6.07) is 6.78. The number of nitrogens with one attached hydrogen (secondary N) is 1. The number of carbonyl (C=O) groups is 1. The Balaban J connectivity index is 1.64. The second-order valence-electron chi connectivity index (χ2n) is 7.15. The zero-order valence-electron chi connectivity index (χ0n) is 16.6. The molecule has 1 atom stereocenters. The maximum Gasteiger partial charge on any atom is 0.246 e. The molecular formula is C21H19Cl2FN6O. The molecule has 1 N–H and O–H groups in total. The van der Waals surface area contributed by atoms with E-state index in [1.807, 2.05) is 24.1 Å². The molecule has 1 unspecified atom stereocenters. The highest BCUT2D eigenvalue weighted by atomic mass is 35.5. The average molecular weight is 461 g/mol. The fraction of sp³-hybridized carbons (Fsp3) is 0.238. The Labute approximate surface area is 188 Å². The molecule has 1 aliphatic heterocycles. The highest BCUT2D eigenvalue weighted by molar-refractivity contribution is 6.42. The van der Waals surface area contributed by atoms with E-state index in [0.717, 1.165) is 6.42 Å². The predicted molar refractivity (Wildman–Crippen MR) is 121 cm³/mol. The number of rotatable bonds is 5. The number of likely N-dealkylation sites (N-methyl/N-ethyl adjacent to an activating group) is 1. The molecule has 0 aliphatic carbocycles. The molecule has 10 heteroatoms. The van der Waals surface area contributed by atoms with Gasteiger partial charge in [0, 0.05) is 26.2 Å². The summed E-state index contributed by atoms with van der Waals surface area (Å²) in [6.07, 6.45) is 3.52. The minimum absolute atomic E-state index is 0.0779. The van der Waals surface area contributed by atoms with Crippen LogP contribution in [-0.4, -0.2) is 51.9 Å². The SMILES string of the molecule is C=CC(=O)N1CCC(N(C)c2ccc3ncnc(Nc4ccc(Cl)c(Cl)c4F)c3n2)C1. The molecule has 2 aromatic heterocycles. The van der Waals surface area contributed by atoms with Crippen molar-refractivity contribution in [3.63, 3.8) is 0 Å². The van der Waals surface area contributed by atoms with Gasteiger partial charge in [0.25, 0.3) is 0 Å². The molecule has 0 saturated carbocycles. The summed E-state index contributed by atoms with van der Waals surface area (Å²) in [4.78, 5) is 28.9. The van der Waals surface area contributed by atoms with Crippen LogP contribution in [0.4, 0.5) is 21.7 Å². The lowest BCUT2D eigenvalue weighted by atomic mass is 10.2. The molecule has 0 bridgehead atoms. The first-order valence-corrected chi connectivity index (χ1v) is 10.3. The minimum atomic E-state index is -0.674. The number of anilines is 3. The molecule has 1 amide bonds. The van der Waals surface area contributed by atoms with Crippen LogP contribution in [0.2, 0.25) is 10.0 Å². The van der Waals surface area contributed by atoms with Crippen LogP contribution in [0.15, 0.2) is 43.2 Å². The molecule has 3 heterocycles. The van der Waals surface area contributed by atoms with E-state index in [2.05, 4.69) is 21.9 Å². The molecule has 1 saturated heterocycles. The zero-order valence-corrected chi connectivity index (χ0v) is 18.2. The van der Waals surface area contributed by atoms with Gasteiger partial charge in [0.1, 0.15) is 17.7 Å². The lowest BCUT2D eigenvalue weighted by Crippen LogP contribution is -2.36. The van der Waals surface area contributed by atoms with Crippen molar-refractivity contribution in [1.29, 1.82) is 0 Å². The molecule has 1 aromatic carbocycles. The van der Waals surface area contributed by atoms with Crippen molar-refractivity contribution < 1.29 is 9.18 Å². The molecule has 0 spiro atoms. The van der Waals surface area contributed by atoms with Crippen LogP contribution in [0.1, 0.15) is 6.42 Å². The second-order valence-corrected chi connectivity index (χ2v) is 7.93. The van der Waals surface area contributed by atoms with Crippen molar-refractivity contribution in [2.45, 2.75) is 12.5 Å². The van der Waals surface area contributed by atoms with Crippen LogP contribution < -0.4 is 10.2 Å². The van der Waals surface area contributed by atoms with Gasteiger partial charge in [-0.3, -0.25) is 4.79 Å². The summed E-state index contributed by atoms with van der Waals surface area (Å²) >= 11 is 11.8. The van der Waals surface area contributed by atoms with Crippen molar-refractivity contribution >= 4 is 57.5 Å². The fourth-order valence-electron chi connectivity index (χ4n) is 3.54.